The Balaban J connectivity index is 2.56. The molecule has 0 saturated heterocycles. The number of sulfonamides is 1. The van der Waals surface area contributed by atoms with Crippen LogP contribution in [-0.4, -0.2) is 39.7 Å². The molecule has 114 valence electrons. The van der Waals surface area contributed by atoms with E-state index in [1.54, 1.807) is 12.3 Å². The third-order valence-electron chi connectivity index (χ3n) is 2.55. The van der Waals surface area contributed by atoms with E-state index in [-0.39, 0.29) is 4.90 Å². The van der Waals surface area contributed by atoms with E-state index >= 15 is 0 Å². The molecular weight excluding hydrogens is 278 g/mol. The molecule has 0 saturated carbocycles. The molecule has 0 aliphatic rings. The van der Waals surface area contributed by atoms with Gasteiger partial charge in [0.1, 0.15) is 4.90 Å². The van der Waals surface area contributed by atoms with Crippen LogP contribution in [0.25, 0.3) is 0 Å². The van der Waals surface area contributed by atoms with Gasteiger partial charge in [-0.05, 0) is 25.8 Å². The summed E-state index contributed by atoms with van der Waals surface area (Å²) in [6, 6.07) is 1.66. The zero-order chi connectivity index (χ0) is 14.8. The third kappa shape index (κ3) is 5.44. The Morgan fingerprint density at radius 1 is 1.30 bits per heavy atom. The maximum Gasteiger partial charge on any atom is 0.244 e. The van der Waals surface area contributed by atoms with E-state index < -0.39 is 10.0 Å². The maximum atomic E-state index is 12.2. The van der Waals surface area contributed by atoms with Crippen LogP contribution in [0.3, 0.4) is 0 Å². The van der Waals surface area contributed by atoms with Gasteiger partial charge < -0.3 is 10.1 Å². The average molecular weight is 301 g/mol. The number of rotatable bonds is 10. The van der Waals surface area contributed by atoms with E-state index in [9.17, 15) is 8.42 Å². The lowest BCUT2D eigenvalue weighted by Gasteiger charge is -2.11. The van der Waals surface area contributed by atoms with Crippen molar-refractivity contribution in [2.24, 2.45) is 0 Å². The summed E-state index contributed by atoms with van der Waals surface area (Å²) in [4.78, 5) is 4.06. The smallest absolute Gasteiger partial charge is 0.244 e. The molecule has 0 aliphatic heterocycles. The minimum absolute atomic E-state index is 0.177. The molecule has 1 rings (SSSR count). The molecular formula is C13H23N3O3S. The Morgan fingerprint density at radius 3 is 2.80 bits per heavy atom. The van der Waals surface area contributed by atoms with Gasteiger partial charge >= 0.3 is 0 Å². The molecule has 0 fully saturated rings. The average Bonchev–Trinajstić information content (AvgIpc) is 2.43. The monoisotopic (exact) mass is 301 g/mol. The highest BCUT2D eigenvalue weighted by Gasteiger charge is 2.17. The van der Waals surface area contributed by atoms with Crippen LogP contribution in [0.15, 0.2) is 23.4 Å². The minimum Gasteiger partial charge on any atom is -0.384 e. The minimum atomic E-state index is -3.54. The van der Waals surface area contributed by atoms with Crippen molar-refractivity contribution in [1.82, 2.24) is 9.71 Å². The third-order valence-corrected chi connectivity index (χ3v) is 4.04. The normalized spacial score (nSPS) is 11.5. The standard InChI is InChI=1S/C13H23N3O3S/c1-3-9-19-10-5-7-16-20(17,18)13-11-14-8-6-12(13)15-4-2/h6,8,11,16H,3-5,7,9-10H2,1-2H3,(H,14,15). The number of hydrogen-bond acceptors (Lipinski definition) is 5. The summed E-state index contributed by atoms with van der Waals surface area (Å²) in [5, 5.41) is 3.02. The van der Waals surface area contributed by atoms with Crippen LogP contribution in [0.2, 0.25) is 0 Å². The Hall–Kier alpha value is -1.18. The Labute approximate surface area is 121 Å². The summed E-state index contributed by atoms with van der Waals surface area (Å²) < 4.78 is 32.2. The summed E-state index contributed by atoms with van der Waals surface area (Å²) in [7, 11) is -3.54. The van der Waals surface area contributed by atoms with E-state index in [1.807, 2.05) is 13.8 Å². The molecule has 0 atom stereocenters. The number of anilines is 1. The summed E-state index contributed by atoms with van der Waals surface area (Å²) in [6.07, 6.45) is 4.53. The first kappa shape index (κ1) is 16.9. The fourth-order valence-electron chi connectivity index (χ4n) is 1.64. The van der Waals surface area contributed by atoms with Gasteiger partial charge in [-0.15, -0.1) is 0 Å². The van der Waals surface area contributed by atoms with Crippen molar-refractivity contribution in [2.75, 3.05) is 31.6 Å². The lowest BCUT2D eigenvalue weighted by atomic mass is 10.4. The van der Waals surface area contributed by atoms with Crippen molar-refractivity contribution < 1.29 is 13.2 Å². The number of aromatic nitrogens is 1. The van der Waals surface area contributed by atoms with Crippen LogP contribution < -0.4 is 10.0 Å². The quantitative estimate of drug-likeness (QED) is 0.642. The SMILES string of the molecule is CCCOCCCNS(=O)(=O)c1cnccc1NCC. The van der Waals surface area contributed by atoms with Crippen LogP contribution >= 0.6 is 0 Å². The van der Waals surface area contributed by atoms with E-state index in [0.29, 0.717) is 38.4 Å². The molecule has 0 spiro atoms. The molecule has 0 amide bonds. The predicted octanol–water partition coefficient (Wildman–Crippen LogP) is 1.61. The summed E-state index contributed by atoms with van der Waals surface area (Å²) in [5.41, 5.74) is 0.567. The molecule has 7 heteroatoms. The van der Waals surface area contributed by atoms with E-state index in [4.69, 9.17) is 4.74 Å². The van der Waals surface area contributed by atoms with Crippen molar-refractivity contribution in [2.45, 2.75) is 31.6 Å². The van der Waals surface area contributed by atoms with Gasteiger partial charge in [0.2, 0.25) is 10.0 Å². The zero-order valence-corrected chi connectivity index (χ0v) is 12.9. The summed E-state index contributed by atoms with van der Waals surface area (Å²) in [6.45, 7) is 6.22. The van der Waals surface area contributed by atoms with Crippen molar-refractivity contribution >= 4 is 15.7 Å². The fraction of sp³-hybridized carbons (Fsp3) is 0.615. The first-order valence-electron chi connectivity index (χ1n) is 6.87. The first-order chi connectivity index (χ1) is 9.61. The lowest BCUT2D eigenvalue weighted by molar-refractivity contribution is 0.133. The van der Waals surface area contributed by atoms with Gasteiger partial charge in [0.15, 0.2) is 0 Å². The predicted molar refractivity (Wildman–Crippen MR) is 79.3 cm³/mol. The van der Waals surface area contributed by atoms with Crippen molar-refractivity contribution in [1.29, 1.82) is 0 Å². The van der Waals surface area contributed by atoms with Crippen LogP contribution in [-0.2, 0) is 14.8 Å². The van der Waals surface area contributed by atoms with Gasteiger partial charge in [-0.2, -0.15) is 0 Å². The van der Waals surface area contributed by atoms with Crippen molar-refractivity contribution in [3.8, 4) is 0 Å². The van der Waals surface area contributed by atoms with Crippen LogP contribution in [0.4, 0.5) is 5.69 Å². The van der Waals surface area contributed by atoms with Gasteiger partial charge in [-0.3, -0.25) is 4.98 Å². The maximum absolute atomic E-state index is 12.2. The number of nitrogens with one attached hydrogen (secondary N) is 2. The second kappa shape index (κ2) is 8.89. The molecule has 20 heavy (non-hydrogen) atoms. The Bertz CT molecular complexity index is 491. The molecule has 1 aromatic rings. The summed E-state index contributed by atoms with van der Waals surface area (Å²) in [5.74, 6) is 0. The van der Waals surface area contributed by atoms with Gasteiger partial charge in [0, 0.05) is 38.7 Å². The highest BCUT2D eigenvalue weighted by Crippen LogP contribution is 2.18. The molecule has 2 N–H and O–H groups in total. The molecule has 1 heterocycles. The van der Waals surface area contributed by atoms with Crippen LogP contribution in [0.1, 0.15) is 26.7 Å². The number of ether oxygens (including phenoxy) is 1. The van der Waals surface area contributed by atoms with Crippen LogP contribution in [0.5, 0.6) is 0 Å². The second-order valence-electron chi connectivity index (χ2n) is 4.27. The van der Waals surface area contributed by atoms with E-state index in [1.165, 1.54) is 6.20 Å². The van der Waals surface area contributed by atoms with Gasteiger partial charge in [0.05, 0.1) is 5.69 Å². The number of pyridine rings is 1. The van der Waals surface area contributed by atoms with E-state index in [0.717, 1.165) is 6.42 Å². The van der Waals surface area contributed by atoms with Gasteiger partial charge in [-0.25, -0.2) is 13.1 Å². The lowest BCUT2D eigenvalue weighted by Crippen LogP contribution is -2.26. The number of nitrogens with zero attached hydrogens (tertiary/aromatic N) is 1. The Morgan fingerprint density at radius 2 is 2.10 bits per heavy atom. The van der Waals surface area contributed by atoms with Gasteiger partial charge in [-0.1, -0.05) is 6.92 Å². The highest BCUT2D eigenvalue weighted by molar-refractivity contribution is 7.89. The molecule has 0 aliphatic carbocycles. The van der Waals surface area contributed by atoms with Crippen LogP contribution in [0, 0.1) is 0 Å². The first-order valence-corrected chi connectivity index (χ1v) is 8.35. The largest absolute Gasteiger partial charge is 0.384 e. The Kier molecular flexibility index (Phi) is 7.50. The molecule has 0 bridgehead atoms. The zero-order valence-electron chi connectivity index (χ0n) is 12.1. The van der Waals surface area contributed by atoms with E-state index in [2.05, 4.69) is 15.0 Å². The van der Waals surface area contributed by atoms with Crippen molar-refractivity contribution in [3.63, 3.8) is 0 Å². The fourth-order valence-corrected chi connectivity index (χ4v) is 2.83. The van der Waals surface area contributed by atoms with Crippen molar-refractivity contribution in [3.05, 3.63) is 18.5 Å². The molecule has 0 radical (unpaired) electrons. The highest BCUT2D eigenvalue weighted by atomic mass is 32.2. The van der Waals surface area contributed by atoms with Gasteiger partial charge in [0.25, 0.3) is 0 Å². The molecule has 6 nitrogen and oxygen atoms in total. The molecule has 0 aromatic carbocycles. The topological polar surface area (TPSA) is 80.3 Å². The second-order valence-corrected chi connectivity index (χ2v) is 6.00. The summed E-state index contributed by atoms with van der Waals surface area (Å²) >= 11 is 0. The number of hydrogen-bond donors (Lipinski definition) is 2. The molecule has 1 aromatic heterocycles. The molecule has 0 unspecified atom stereocenters.